The molecule has 0 amide bonds. The second-order valence-electron chi connectivity index (χ2n) is 4.32. The number of nitrogens with one attached hydrogen (secondary N) is 2. The molecular formula is C13H14FN5O2. The van der Waals surface area contributed by atoms with Crippen molar-refractivity contribution < 1.29 is 9.31 Å². The molecule has 0 aliphatic rings. The molecule has 0 radical (unpaired) electrons. The Morgan fingerprint density at radius 1 is 1.29 bits per heavy atom. The van der Waals surface area contributed by atoms with Crippen molar-refractivity contribution in [1.82, 2.24) is 9.97 Å². The van der Waals surface area contributed by atoms with Crippen LogP contribution in [0.15, 0.2) is 24.3 Å². The minimum absolute atomic E-state index is 0.126. The summed E-state index contributed by atoms with van der Waals surface area (Å²) in [6, 6.07) is 5.85. The van der Waals surface area contributed by atoms with E-state index in [0.717, 1.165) is 5.56 Å². The molecule has 2 aromatic rings. The van der Waals surface area contributed by atoms with Gasteiger partial charge in [-0.15, -0.1) is 0 Å². The van der Waals surface area contributed by atoms with Crippen LogP contribution in [0.3, 0.4) is 0 Å². The molecule has 0 saturated carbocycles. The van der Waals surface area contributed by atoms with Crippen LogP contribution in [0.25, 0.3) is 0 Å². The summed E-state index contributed by atoms with van der Waals surface area (Å²) in [4.78, 5) is 18.6. The first kappa shape index (κ1) is 14.6. The molecule has 0 spiro atoms. The predicted molar refractivity (Wildman–Crippen MR) is 76.7 cm³/mol. The maximum absolute atomic E-state index is 12.8. The maximum atomic E-state index is 12.8. The molecule has 1 heterocycles. The molecule has 0 fully saturated rings. The van der Waals surface area contributed by atoms with E-state index >= 15 is 0 Å². The number of hydrogen-bond acceptors (Lipinski definition) is 6. The maximum Gasteiger partial charge on any atom is 0.332 e. The van der Waals surface area contributed by atoms with E-state index in [1.165, 1.54) is 12.1 Å². The summed E-state index contributed by atoms with van der Waals surface area (Å²) >= 11 is 0. The van der Waals surface area contributed by atoms with E-state index in [0.29, 0.717) is 12.5 Å². The zero-order chi connectivity index (χ0) is 15.4. The van der Waals surface area contributed by atoms with Gasteiger partial charge in [0.15, 0.2) is 0 Å². The second kappa shape index (κ2) is 6.12. The van der Waals surface area contributed by atoms with Gasteiger partial charge in [0.05, 0.1) is 4.92 Å². The van der Waals surface area contributed by atoms with Gasteiger partial charge in [-0.25, -0.2) is 9.37 Å². The Morgan fingerprint density at radius 3 is 2.52 bits per heavy atom. The minimum atomic E-state index is -0.526. The standard InChI is InChI=1S/C13H14FN5O2/c1-8-11(19(20)21)12(18-13(15-2)17-8)16-7-9-3-5-10(14)6-4-9/h3-6H,7H2,1-2H3,(H2,15,16,17,18). The molecule has 0 saturated heterocycles. The Morgan fingerprint density at radius 2 is 1.95 bits per heavy atom. The van der Waals surface area contributed by atoms with E-state index in [4.69, 9.17) is 0 Å². The fourth-order valence-electron chi connectivity index (χ4n) is 1.81. The lowest BCUT2D eigenvalue weighted by atomic mass is 10.2. The highest BCUT2D eigenvalue weighted by Gasteiger charge is 2.21. The van der Waals surface area contributed by atoms with Crippen LogP contribution in [-0.4, -0.2) is 21.9 Å². The third-order valence-electron chi connectivity index (χ3n) is 2.84. The third kappa shape index (κ3) is 3.41. The van der Waals surface area contributed by atoms with E-state index < -0.39 is 4.92 Å². The summed E-state index contributed by atoms with van der Waals surface area (Å²) in [6.07, 6.45) is 0. The van der Waals surface area contributed by atoms with Crippen LogP contribution in [0.5, 0.6) is 0 Å². The van der Waals surface area contributed by atoms with Gasteiger partial charge >= 0.3 is 5.69 Å². The zero-order valence-electron chi connectivity index (χ0n) is 11.6. The molecule has 0 bridgehead atoms. The smallest absolute Gasteiger partial charge is 0.332 e. The molecule has 21 heavy (non-hydrogen) atoms. The van der Waals surface area contributed by atoms with Gasteiger partial charge in [-0.3, -0.25) is 10.1 Å². The van der Waals surface area contributed by atoms with Crippen LogP contribution in [0.4, 0.5) is 21.8 Å². The van der Waals surface area contributed by atoms with E-state index in [9.17, 15) is 14.5 Å². The summed E-state index contributed by atoms with van der Waals surface area (Å²) in [5.41, 5.74) is 0.880. The summed E-state index contributed by atoms with van der Waals surface area (Å²) in [7, 11) is 1.63. The second-order valence-corrected chi connectivity index (χ2v) is 4.32. The number of halogens is 1. The van der Waals surface area contributed by atoms with Gasteiger partial charge in [0.1, 0.15) is 11.5 Å². The Hall–Kier alpha value is -2.77. The highest BCUT2D eigenvalue weighted by atomic mass is 19.1. The van der Waals surface area contributed by atoms with Crippen LogP contribution < -0.4 is 10.6 Å². The lowest BCUT2D eigenvalue weighted by molar-refractivity contribution is -0.385. The number of nitro groups is 1. The number of anilines is 2. The van der Waals surface area contributed by atoms with Crippen LogP contribution in [0.1, 0.15) is 11.3 Å². The summed E-state index contributed by atoms with van der Waals surface area (Å²) < 4.78 is 12.8. The molecule has 2 rings (SSSR count). The fourth-order valence-corrected chi connectivity index (χ4v) is 1.81. The normalized spacial score (nSPS) is 10.2. The van der Waals surface area contributed by atoms with Gasteiger partial charge in [0.2, 0.25) is 11.8 Å². The quantitative estimate of drug-likeness (QED) is 0.649. The lowest BCUT2D eigenvalue weighted by Crippen LogP contribution is -2.09. The average molecular weight is 291 g/mol. The van der Waals surface area contributed by atoms with E-state index in [1.54, 1.807) is 26.1 Å². The van der Waals surface area contributed by atoms with Crippen molar-refractivity contribution in [2.75, 3.05) is 17.7 Å². The monoisotopic (exact) mass is 291 g/mol. The number of benzene rings is 1. The summed E-state index contributed by atoms with van der Waals surface area (Å²) in [6.45, 7) is 1.84. The summed E-state index contributed by atoms with van der Waals surface area (Å²) in [5.74, 6) is 0.0842. The Labute approximate surface area is 120 Å². The van der Waals surface area contributed by atoms with Crippen LogP contribution >= 0.6 is 0 Å². The molecule has 1 aromatic heterocycles. The number of aromatic nitrogens is 2. The average Bonchev–Trinajstić information content (AvgIpc) is 2.45. The molecule has 110 valence electrons. The first-order chi connectivity index (χ1) is 10.0. The summed E-state index contributed by atoms with van der Waals surface area (Å²) in [5, 5.41) is 16.8. The topological polar surface area (TPSA) is 93.0 Å². The van der Waals surface area contributed by atoms with Gasteiger partial charge < -0.3 is 10.6 Å². The van der Waals surface area contributed by atoms with Crippen molar-refractivity contribution in [3.05, 3.63) is 51.5 Å². The fraction of sp³-hybridized carbons (Fsp3) is 0.231. The van der Waals surface area contributed by atoms with Crippen molar-refractivity contribution in [2.24, 2.45) is 0 Å². The molecule has 0 aliphatic heterocycles. The van der Waals surface area contributed by atoms with E-state index in [2.05, 4.69) is 20.6 Å². The number of nitrogens with zero attached hydrogens (tertiary/aromatic N) is 3. The van der Waals surface area contributed by atoms with E-state index in [1.807, 2.05) is 0 Å². The first-order valence-electron chi connectivity index (χ1n) is 6.20. The van der Waals surface area contributed by atoms with Crippen molar-refractivity contribution in [2.45, 2.75) is 13.5 Å². The highest BCUT2D eigenvalue weighted by molar-refractivity contribution is 5.60. The molecule has 0 unspecified atom stereocenters. The van der Waals surface area contributed by atoms with Gasteiger partial charge in [-0.2, -0.15) is 4.98 Å². The van der Waals surface area contributed by atoms with Crippen molar-refractivity contribution in [1.29, 1.82) is 0 Å². The highest BCUT2D eigenvalue weighted by Crippen LogP contribution is 2.26. The molecule has 1 aromatic carbocycles. The minimum Gasteiger partial charge on any atom is -0.360 e. The Bertz CT molecular complexity index is 660. The molecule has 0 atom stereocenters. The van der Waals surface area contributed by atoms with Crippen LogP contribution in [0.2, 0.25) is 0 Å². The van der Waals surface area contributed by atoms with Crippen LogP contribution in [0, 0.1) is 22.9 Å². The van der Waals surface area contributed by atoms with Gasteiger partial charge in [0.25, 0.3) is 0 Å². The SMILES string of the molecule is CNc1nc(C)c([N+](=O)[O-])c(NCc2ccc(F)cc2)n1. The largest absolute Gasteiger partial charge is 0.360 e. The van der Waals surface area contributed by atoms with Gasteiger partial charge in [-0.05, 0) is 24.6 Å². The van der Waals surface area contributed by atoms with Crippen molar-refractivity contribution >= 4 is 17.5 Å². The van der Waals surface area contributed by atoms with Crippen LogP contribution in [-0.2, 0) is 6.54 Å². The molecule has 7 nitrogen and oxygen atoms in total. The molecule has 2 N–H and O–H groups in total. The zero-order valence-corrected chi connectivity index (χ0v) is 11.6. The Kier molecular flexibility index (Phi) is 4.27. The Balaban J connectivity index is 2.27. The number of rotatable bonds is 5. The molecule has 8 heteroatoms. The molecular weight excluding hydrogens is 277 g/mol. The van der Waals surface area contributed by atoms with Crippen molar-refractivity contribution in [3.8, 4) is 0 Å². The third-order valence-corrected chi connectivity index (χ3v) is 2.84. The van der Waals surface area contributed by atoms with E-state index in [-0.39, 0.29) is 23.0 Å². The predicted octanol–water partition coefficient (Wildman–Crippen LogP) is 2.49. The van der Waals surface area contributed by atoms with Gasteiger partial charge in [-0.1, -0.05) is 12.1 Å². The number of aryl methyl sites for hydroxylation is 1. The first-order valence-corrected chi connectivity index (χ1v) is 6.20. The van der Waals surface area contributed by atoms with Crippen molar-refractivity contribution in [3.63, 3.8) is 0 Å². The molecule has 0 aliphatic carbocycles. The van der Waals surface area contributed by atoms with Gasteiger partial charge in [0, 0.05) is 13.6 Å². The number of hydrogen-bond donors (Lipinski definition) is 2. The lowest BCUT2D eigenvalue weighted by Gasteiger charge is -2.09.